The predicted molar refractivity (Wildman–Crippen MR) is 61.4 cm³/mol. The maximum Gasteiger partial charge on any atom is 0.144 e. The van der Waals surface area contributed by atoms with E-state index in [1.54, 1.807) is 6.20 Å². The largest absolute Gasteiger partial charge is 0.330 e. The normalized spacial score (nSPS) is 20.9. The number of nitrogens with zero attached hydrogens (tertiary/aromatic N) is 3. The van der Waals surface area contributed by atoms with Crippen LogP contribution in [0.3, 0.4) is 0 Å². The molecule has 0 saturated carbocycles. The van der Waals surface area contributed by atoms with Crippen LogP contribution < -0.4 is 5.73 Å². The summed E-state index contributed by atoms with van der Waals surface area (Å²) in [4.78, 5) is 6.41. The smallest absolute Gasteiger partial charge is 0.144 e. The van der Waals surface area contributed by atoms with Gasteiger partial charge < -0.3 is 5.73 Å². The number of rotatable bonds is 3. The van der Waals surface area contributed by atoms with Crippen LogP contribution in [0.5, 0.6) is 0 Å². The van der Waals surface area contributed by atoms with Crippen molar-refractivity contribution in [3.05, 3.63) is 29.6 Å². The van der Waals surface area contributed by atoms with Crippen LogP contribution in [0.4, 0.5) is 0 Å². The molecule has 1 unspecified atom stereocenters. The molecular weight excluding hydrogens is 200 g/mol. The molecule has 1 aliphatic rings. The van der Waals surface area contributed by atoms with Gasteiger partial charge in [-0.3, -0.25) is 4.90 Å². The Labute approximate surface area is 95.7 Å². The molecule has 1 fully saturated rings. The van der Waals surface area contributed by atoms with E-state index in [1.807, 2.05) is 12.1 Å². The van der Waals surface area contributed by atoms with Crippen LogP contribution in [0.25, 0.3) is 0 Å². The Morgan fingerprint density at radius 1 is 1.62 bits per heavy atom. The summed E-state index contributed by atoms with van der Waals surface area (Å²) in [5.74, 6) is 0.613. The van der Waals surface area contributed by atoms with E-state index >= 15 is 0 Å². The highest BCUT2D eigenvalue weighted by molar-refractivity contribution is 5.30. The summed E-state index contributed by atoms with van der Waals surface area (Å²) in [6.07, 6.45) is 2.83. The summed E-state index contributed by atoms with van der Waals surface area (Å²) in [5, 5.41) is 8.94. The summed E-state index contributed by atoms with van der Waals surface area (Å²) in [6.45, 7) is 3.68. The van der Waals surface area contributed by atoms with Crippen LogP contribution in [0.15, 0.2) is 18.3 Å². The molecule has 1 saturated heterocycles. The highest BCUT2D eigenvalue weighted by Gasteiger charge is 2.21. The van der Waals surface area contributed by atoms with Crippen LogP contribution in [-0.2, 0) is 6.54 Å². The van der Waals surface area contributed by atoms with Gasteiger partial charge in [-0.1, -0.05) is 6.07 Å². The summed E-state index contributed by atoms with van der Waals surface area (Å²) in [7, 11) is 0. The molecule has 0 aromatic carbocycles. The molecule has 0 spiro atoms. The average molecular weight is 216 g/mol. The zero-order chi connectivity index (χ0) is 11.4. The van der Waals surface area contributed by atoms with Gasteiger partial charge in [-0.15, -0.1) is 0 Å². The third kappa shape index (κ3) is 2.38. The van der Waals surface area contributed by atoms with Gasteiger partial charge in [0.05, 0.1) is 0 Å². The number of pyridine rings is 1. The van der Waals surface area contributed by atoms with Gasteiger partial charge in [-0.05, 0) is 31.5 Å². The molecule has 0 amide bonds. The SMILES string of the molecule is N#Cc1ncccc1CN1CCC(CN)C1. The number of aromatic nitrogens is 1. The van der Waals surface area contributed by atoms with Gasteiger partial charge in [0, 0.05) is 24.8 Å². The van der Waals surface area contributed by atoms with E-state index in [1.165, 1.54) is 6.42 Å². The van der Waals surface area contributed by atoms with Crippen LogP contribution in [0, 0.1) is 17.2 Å². The van der Waals surface area contributed by atoms with Crippen molar-refractivity contribution in [2.45, 2.75) is 13.0 Å². The maximum atomic E-state index is 8.94. The Morgan fingerprint density at radius 2 is 2.50 bits per heavy atom. The standard InChI is InChI=1S/C12H16N4/c13-6-10-3-5-16(8-10)9-11-2-1-4-15-12(11)7-14/h1-2,4,10H,3,5-6,8-9,13H2. The lowest BCUT2D eigenvalue weighted by Crippen LogP contribution is -2.23. The number of nitrogens with two attached hydrogens (primary N) is 1. The third-order valence-corrected chi connectivity index (χ3v) is 3.09. The monoisotopic (exact) mass is 216 g/mol. The van der Waals surface area contributed by atoms with Crippen molar-refractivity contribution in [1.82, 2.24) is 9.88 Å². The van der Waals surface area contributed by atoms with Crippen molar-refractivity contribution in [2.75, 3.05) is 19.6 Å². The first-order valence-corrected chi connectivity index (χ1v) is 5.60. The van der Waals surface area contributed by atoms with Crippen LogP contribution in [0.1, 0.15) is 17.7 Å². The Balaban J connectivity index is 2.02. The zero-order valence-electron chi connectivity index (χ0n) is 9.26. The minimum atomic E-state index is 0.540. The minimum absolute atomic E-state index is 0.540. The molecule has 1 atom stereocenters. The molecular formula is C12H16N4. The van der Waals surface area contributed by atoms with E-state index in [9.17, 15) is 0 Å². The fourth-order valence-corrected chi connectivity index (χ4v) is 2.16. The number of nitriles is 1. The zero-order valence-corrected chi connectivity index (χ0v) is 9.26. The molecule has 84 valence electrons. The lowest BCUT2D eigenvalue weighted by atomic mass is 10.1. The van der Waals surface area contributed by atoms with E-state index in [2.05, 4.69) is 16.0 Å². The van der Waals surface area contributed by atoms with E-state index in [4.69, 9.17) is 11.0 Å². The molecule has 2 rings (SSSR count). The van der Waals surface area contributed by atoms with Crippen molar-refractivity contribution in [2.24, 2.45) is 11.7 Å². The molecule has 16 heavy (non-hydrogen) atoms. The van der Waals surface area contributed by atoms with Gasteiger partial charge in [0.15, 0.2) is 0 Å². The minimum Gasteiger partial charge on any atom is -0.330 e. The summed E-state index contributed by atoms with van der Waals surface area (Å²) in [5.41, 5.74) is 7.21. The van der Waals surface area contributed by atoms with Gasteiger partial charge in [0.25, 0.3) is 0 Å². The Bertz CT molecular complexity index is 396. The molecule has 1 aromatic rings. The summed E-state index contributed by atoms with van der Waals surface area (Å²) >= 11 is 0. The lowest BCUT2D eigenvalue weighted by Gasteiger charge is -2.15. The third-order valence-electron chi connectivity index (χ3n) is 3.09. The molecule has 2 N–H and O–H groups in total. The van der Waals surface area contributed by atoms with Crippen LogP contribution in [0.2, 0.25) is 0 Å². The summed E-state index contributed by atoms with van der Waals surface area (Å²) < 4.78 is 0. The average Bonchev–Trinajstić information content (AvgIpc) is 2.77. The second-order valence-electron chi connectivity index (χ2n) is 4.25. The fraction of sp³-hybridized carbons (Fsp3) is 0.500. The van der Waals surface area contributed by atoms with E-state index in [0.29, 0.717) is 11.6 Å². The lowest BCUT2D eigenvalue weighted by molar-refractivity contribution is 0.317. The Morgan fingerprint density at radius 3 is 3.19 bits per heavy atom. The highest BCUT2D eigenvalue weighted by atomic mass is 15.1. The molecule has 1 aromatic heterocycles. The van der Waals surface area contributed by atoms with Crippen molar-refractivity contribution >= 4 is 0 Å². The first kappa shape index (κ1) is 11.1. The van der Waals surface area contributed by atoms with Gasteiger partial charge in [-0.2, -0.15) is 5.26 Å². The van der Waals surface area contributed by atoms with Gasteiger partial charge in [-0.25, -0.2) is 4.98 Å². The second-order valence-corrected chi connectivity index (χ2v) is 4.25. The van der Waals surface area contributed by atoms with Crippen molar-refractivity contribution in [1.29, 1.82) is 5.26 Å². The number of hydrogen-bond donors (Lipinski definition) is 1. The number of hydrogen-bond acceptors (Lipinski definition) is 4. The van der Waals surface area contributed by atoms with Crippen molar-refractivity contribution < 1.29 is 0 Å². The predicted octanol–water partition coefficient (Wildman–Crippen LogP) is 0.734. The molecule has 1 aliphatic heterocycles. The van der Waals surface area contributed by atoms with E-state index < -0.39 is 0 Å². The van der Waals surface area contributed by atoms with Gasteiger partial charge >= 0.3 is 0 Å². The van der Waals surface area contributed by atoms with Gasteiger partial charge in [0.2, 0.25) is 0 Å². The van der Waals surface area contributed by atoms with Crippen LogP contribution >= 0.6 is 0 Å². The Kier molecular flexibility index (Phi) is 3.50. The first-order valence-electron chi connectivity index (χ1n) is 5.60. The molecule has 4 nitrogen and oxygen atoms in total. The molecule has 2 heterocycles. The van der Waals surface area contributed by atoms with Crippen LogP contribution in [-0.4, -0.2) is 29.5 Å². The van der Waals surface area contributed by atoms with E-state index in [-0.39, 0.29) is 0 Å². The first-order chi connectivity index (χ1) is 7.83. The molecule has 4 heteroatoms. The van der Waals surface area contributed by atoms with Gasteiger partial charge in [0.1, 0.15) is 11.8 Å². The maximum absolute atomic E-state index is 8.94. The number of likely N-dealkylation sites (tertiary alicyclic amines) is 1. The Hall–Kier alpha value is -1.44. The highest BCUT2D eigenvalue weighted by Crippen LogP contribution is 2.18. The quantitative estimate of drug-likeness (QED) is 0.809. The van der Waals surface area contributed by atoms with Crippen molar-refractivity contribution in [3.8, 4) is 6.07 Å². The molecule has 0 aliphatic carbocycles. The molecule has 0 radical (unpaired) electrons. The fourth-order valence-electron chi connectivity index (χ4n) is 2.16. The summed E-state index contributed by atoms with van der Waals surface area (Å²) in [6, 6.07) is 5.99. The van der Waals surface area contributed by atoms with Crippen molar-refractivity contribution in [3.63, 3.8) is 0 Å². The molecule has 0 bridgehead atoms. The second kappa shape index (κ2) is 5.06. The van der Waals surface area contributed by atoms with E-state index in [0.717, 1.165) is 31.7 Å². The topological polar surface area (TPSA) is 65.9 Å².